The van der Waals surface area contributed by atoms with Crippen LogP contribution in [0.2, 0.25) is 0 Å². The predicted molar refractivity (Wildman–Crippen MR) is 55.3 cm³/mol. The molecule has 2 amide bonds. The van der Waals surface area contributed by atoms with Crippen molar-refractivity contribution >= 4 is 6.03 Å². The van der Waals surface area contributed by atoms with Crippen molar-refractivity contribution in [2.24, 2.45) is 0 Å². The second-order valence-corrected chi connectivity index (χ2v) is 4.00. The van der Waals surface area contributed by atoms with Gasteiger partial charge in [0, 0.05) is 19.2 Å². The van der Waals surface area contributed by atoms with Crippen LogP contribution in [0.5, 0.6) is 0 Å². The fourth-order valence-corrected chi connectivity index (χ4v) is 1.49. The number of carbonyl (C=O) groups excluding carboxylic acids is 1. The molecule has 1 unspecified atom stereocenters. The van der Waals surface area contributed by atoms with Crippen LogP contribution in [0.15, 0.2) is 0 Å². The number of urea groups is 1. The van der Waals surface area contributed by atoms with E-state index in [2.05, 4.69) is 10.6 Å². The Morgan fingerprint density at radius 3 is 2.86 bits per heavy atom. The summed E-state index contributed by atoms with van der Waals surface area (Å²) in [4.78, 5) is 11.2. The average molecular weight is 200 g/mol. The predicted octanol–water partition coefficient (Wildman–Crippen LogP) is 1.26. The smallest absolute Gasteiger partial charge is 0.315 e. The molecule has 0 aromatic rings. The van der Waals surface area contributed by atoms with Crippen LogP contribution >= 0.6 is 0 Å². The lowest BCUT2D eigenvalue weighted by molar-refractivity contribution is 0.0184. The van der Waals surface area contributed by atoms with Gasteiger partial charge in [-0.1, -0.05) is 0 Å². The largest absolute Gasteiger partial charge is 0.376 e. The van der Waals surface area contributed by atoms with Crippen molar-refractivity contribution in [3.63, 3.8) is 0 Å². The van der Waals surface area contributed by atoms with E-state index < -0.39 is 0 Å². The number of hydrogen-bond donors (Lipinski definition) is 2. The minimum atomic E-state index is -0.103. The Hall–Kier alpha value is -0.770. The molecular formula is C10H20N2O2. The fraction of sp³-hybridized carbons (Fsp3) is 0.900. The van der Waals surface area contributed by atoms with Gasteiger partial charge in [-0.25, -0.2) is 4.79 Å². The van der Waals surface area contributed by atoms with Gasteiger partial charge in [0.05, 0.1) is 6.10 Å². The number of amides is 2. The molecule has 1 aliphatic rings. The quantitative estimate of drug-likeness (QED) is 0.720. The highest BCUT2D eigenvalue weighted by molar-refractivity contribution is 5.74. The molecule has 1 rings (SSSR count). The van der Waals surface area contributed by atoms with Gasteiger partial charge < -0.3 is 15.4 Å². The van der Waals surface area contributed by atoms with E-state index in [-0.39, 0.29) is 18.2 Å². The summed E-state index contributed by atoms with van der Waals surface area (Å²) >= 11 is 0. The topological polar surface area (TPSA) is 50.4 Å². The van der Waals surface area contributed by atoms with Crippen LogP contribution < -0.4 is 10.6 Å². The van der Waals surface area contributed by atoms with Crippen molar-refractivity contribution in [2.45, 2.75) is 45.3 Å². The maximum Gasteiger partial charge on any atom is 0.315 e. The molecule has 1 fully saturated rings. The van der Waals surface area contributed by atoms with Crippen LogP contribution in [-0.2, 0) is 4.74 Å². The maximum absolute atomic E-state index is 11.2. The van der Waals surface area contributed by atoms with Gasteiger partial charge in [-0.05, 0) is 33.1 Å². The molecule has 0 spiro atoms. The lowest BCUT2D eigenvalue weighted by atomic mass is 10.1. The van der Waals surface area contributed by atoms with Crippen molar-refractivity contribution in [3.8, 4) is 0 Å². The molecular weight excluding hydrogens is 180 g/mol. The molecule has 1 atom stereocenters. The van der Waals surface area contributed by atoms with E-state index in [1.165, 1.54) is 6.42 Å². The standard InChI is InChI=1S/C10H20N2O2/c1-8(2)12-10(13)11-7-9-5-3-4-6-14-9/h8-9H,3-7H2,1-2H3,(H2,11,12,13). The molecule has 0 aromatic carbocycles. The Kier molecular flexibility index (Phi) is 4.73. The van der Waals surface area contributed by atoms with Gasteiger partial charge in [-0.3, -0.25) is 0 Å². The first kappa shape index (κ1) is 11.3. The minimum absolute atomic E-state index is 0.103. The van der Waals surface area contributed by atoms with E-state index in [1.807, 2.05) is 13.8 Å². The summed E-state index contributed by atoms with van der Waals surface area (Å²) in [6.45, 7) is 5.34. The third kappa shape index (κ3) is 4.46. The van der Waals surface area contributed by atoms with Gasteiger partial charge in [-0.2, -0.15) is 0 Å². The zero-order valence-corrected chi connectivity index (χ0v) is 9.01. The lowest BCUT2D eigenvalue weighted by Gasteiger charge is -2.23. The van der Waals surface area contributed by atoms with Gasteiger partial charge in [0.2, 0.25) is 0 Å². The average Bonchev–Trinajstić information content (AvgIpc) is 2.15. The molecule has 0 aliphatic carbocycles. The van der Waals surface area contributed by atoms with Gasteiger partial charge in [0.25, 0.3) is 0 Å². The van der Waals surface area contributed by atoms with E-state index in [9.17, 15) is 4.79 Å². The molecule has 1 heterocycles. The van der Waals surface area contributed by atoms with E-state index >= 15 is 0 Å². The van der Waals surface area contributed by atoms with Crippen molar-refractivity contribution in [1.82, 2.24) is 10.6 Å². The lowest BCUT2D eigenvalue weighted by Crippen LogP contribution is -2.43. The second kappa shape index (κ2) is 5.86. The third-order valence-corrected chi connectivity index (χ3v) is 2.18. The summed E-state index contributed by atoms with van der Waals surface area (Å²) in [6, 6.07) is 0.0800. The van der Waals surface area contributed by atoms with Crippen LogP contribution in [0.25, 0.3) is 0 Å². The molecule has 1 saturated heterocycles. The Morgan fingerprint density at radius 2 is 2.29 bits per heavy atom. The van der Waals surface area contributed by atoms with Crippen molar-refractivity contribution in [1.29, 1.82) is 0 Å². The van der Waals surface area contributed by atoms with Gasteiger partial charge in [0.15, 0.2) is 0 Å². The molecule has 4 heteroatoms. The van der Waals surface area contributed by atoms with Crippen LogP contribution in [0, 0.1) is 0 Å². The molecule has 0 radical (unpaired) electrons. The summed E-state index contributed by atoms with van der Waals surface area (Å²) in [7, 11) is 0. The Labute approximate surface area is 85.4 Å². The number of rotatable bonds is 3. The summed E-state index contributed by atoms with van der Waals surface area (Å²) in [5, 5.41) is 5.59. The zero-order valence-electron chi connectivity index (χ0n) is 9.01. The SMILES string of the molecule is CC(C)NC(=O)NCC1CCCCO1. The van der Waals surface area contributed by atoms with E-state index in [1.54, 1.807) is 0 Å². The van der Waals surface area contributed by atoms with E-state index in [0.717, 1.165) is 19.4 Å². The summed E-state index contributed by atoms with van der Waals surface area (Å²) < 4.78 is 5.49. The highest BCUT2D eigenvalue weighted by Gasteiger charge is 2.14. The molecule has 4 nitrogen and oxygen atoms in total. The molecule has 0 bridgehead atoms. The molecule has 82 valence electrons. The number of carbonyl (C=O) groups is 1. The van der Waals surface area contributed by atoms with E-state index in [4.69, 9.17) is 4.74 Å². The fourth-order valence-electron chi connectivity index (χ4n) is 1.49. The first-order valence-corrected chi connectivity index (χ1v) is 5.34. The highest BCUT2D eigenvalue weighted by Crippen LogP contribution is 2.11. The first-order valence-electron chi connectivity index (χ1n) is 5.34. The van der Waals surface area contributed by atoms with Crippen molar-refractivity contribution in [2.75, 3.05) is 13.2 Å². The number of nitrogens with one attached hydrogen (secondary N) is 2. The highest BCUT2D eigenvalue weighted by atomic mass is 16.5. The van der Waals surface area contributed by atoms with E-state index in [0.29, 0.717) is 6.54 Å². The third-order valence-electron chi connectivity index (χ3n) is 2.18. The summed E-state index contributed by atoms with van der Waals surface area (Å²) in [5.41, 5.74) is 0. The monoisotopic (exact) mass is 200 g/mol. The molecule has 1 aliphatic heterocycles. The molecule has 0 saturated carbocycles. The van der Waals surface area contributed by atoms with Gasteiger partial charge in [-0.15, -0.1) is 0 Å². The minimum Gasteiger partial charge on any atom is -0.376 e. The van der Waals surface area contributed by atoms with Crippen LogP contribution in [0.3, 0.4) is 0 Å². The number of ether oxygens (including phenoxy) is 1. The molecule has 14 heavy (non-hydrogen) atoms. The van der Waals surface area contributed by atoms with Crippen LogP contribution in [0.4, 0.5) is 4.79 Å². The van der Waals surface area contributed by atoms with Crippen molar-refractivity contribution < 1.29 is 9.53 Å². The van der Waals surface area contributed by atoms with Crippen LogP contribution in [0.1, 0.15) is 33.1 Å². The maximum atomic E-state index is 11.2. The first-order chi connectivity index (χ1) is 6.68. The Bertz CT molecular complexity index is 177. The molecule has 2 N–H and O–H groups in total. The summed E-state index contributed by atoms with van der Waals surface area (Å²) in [6.07, 6.45) is 3.62. The van der Waals surface area contributed by atoms with Crippen LogP contribution in [-0.4, -0.2) is 31.3 Å². The zero-order chi connectivity index (χ0) is 10.4. The second-order valence-electron chi connectivity index (χ2n) is 4.00. The summed E-state index contributed by atoms with van der Waals surface area (Å²) in [5.74, 6) is 0. The Morgan fingerprint density at radius 1 is 1.50 bits per heavy atom. The number of hydrogen-bond acceptors (Lipinski definition) is 2. The van der Waals surface area contributed by atoms with Gasteiger partial charge >= 0.3 is 6.03 Å². The Balaban J connectivity index is 2.09. The van der Waals surface area contributed by atoms with Gasteiger partial charge in [0.1, 0.15) is 0 Å². The normalized spacial score (nSPS) is 22.1. The molecule has 0 aromatic heterocycles. The van der Waals surface area contributed by atoms with Crippen molar-refractivity contribution in [3.05, 3.63) is 0 Å².